The smallest absolute Gasteiger partial charge is 0.338 e. The maximum absolute atomic E-state index is 12.0. The maximum atomic E-state index is 12.0. The molecule has 0 unspecified atom stereocenters. The molecule has 0 spiro atoms. The fourth-order valence-corrected chi connectivity index (χ4v) is 4.66. The Kier molecular flexibility index (Phi) is 5.07. The van der Waals surface area contributed by atoms with Crippen LogP contribution in [0.15, 0.2) is 54.6 Å². The van der Waals surface area contributed by atoms with Gasteiger partial charge in [0.2, 0.25) is 0 Å². The largest absolute Gasteiger partial charge is 0.462 e. The highest BCUT2D eigenvalue weighted by Gasteiger charge is 2.15. The van der Waals surface area contributed by atoms with Gasteiger partial charge >= 0.3 is 5.97 Å². The molecule has 160 valence electrons. The first-order chi connectivity index (χ1) is 15.5. The van der Waals surface area contributed by atoms with Crippen LogP contribution in [0.4, 0.5) is 10.9 Å². The highest BCUT2D eigenvalue weighted by atomic mass is 32.1. The lowest BCUT2D eigenvalue weighted by Gasteiger charge is -2.07. The van der Waals surface area contributed by atoms with E-state index < -0.39 is 0 Å². The first-order valence-electron chi connectivity index (χ1n) is 10.3. The normalized spacial score (nSPS) is 11.2. The summed E-state index contributed by atoms with van der Waals surface area (Å²) in [4.78, 5) is 21.5. The first kappa shape index (κ1) is 20.1. The van der Waals surface area contributed by atoms with Crippen molar-refractivity contribution in [3.63, 3.8) is 0 Å². The Balaban J connectivity index is 1.53. The molecule has 8 heteroatoms. The Morgan fingerprint density at radius 2 is 1.91 bits per heavy atom. The minimum Gasteiger partial charge on any atom is -0.462 e. The van der Waals surface area contributed by atoms with Crippen molar-refractivity contribution in [3.8, 4) is 5.69 Å². The second-order valence-electron chi connectivity index (χ2n) is 7.40. The molecule has 5 rings (SSSR count). The number of ether oxygens (including phenoxy) is 1. The van der Waals surface area contributed by atoms with Crippen molar-refractivity contribution in [3.05, 3.63) is 71.4 Å². The summed E-state index contributed by atoms with van der Waals surface area (Å²) >= 11 is 1.47. The van der Waals surface area contributed by atoms with Crippen LogP contribution in [0.25, 0.3) is 26.9 Å². The van der Waals surface area contributed by atoms with Gasteiger partial charge in [-0.15, -0.1) is 0 Å². The average Bonchev–Trinajstić information content (AvgIpc) is 3.34. The lowest BCUT2D eigenvalue weighted by atomic mass is 10.1. The van der Waals surface area contributed by atoms with Crippen LogP contribution in [-0.4, -0.2) is 32.3 Å². The number of nitrogens with one attached hydrogen (secondary N) is 1. The standard InChI is InChI=1S/C24H21N5O2S/c1-4-31-23(30)16-10-11-18-19(13-16)32-24(25-18)27-20-12-14(2)21-15(3)28-29(22(21)26-20)17-8-6-5-7-9-17/h5-13H,4H2,1-3H3,(H,25,26,27). The highest BCUT2D eigenvalue weighted by molar-refractivity contribution is 7.22. The molecule has 0 aliphatic carbocycles. The molecule has 0 atom stereocenters. The molecule has 0 radical (unpaired) electrons. The molecule has 0 aliphatic heterocycles. The molecular weight excluding hydrogens is 422 g/mol. The van der Waals surface area contributed by atoms with Crippen LogP contribution >= 0.6 is 11.3 Å². The van der Waals surface area contributed by atoms with Crippen LogP contribution in [0, 0.1) is 13.8 Å². The van der Waals surface area contributed by atoms with Crippen LogP contribution in [-0.2, 0) is 4.74 Å². The summed E-state index contributed by atoms with van der Waals surface area (Å²) < 4.78 is 7.87. The van der Waals surface area contributed by atoms with Crippen molar-refractivity contribution >= 4 is 49.5 Å². The third kappa shape index (κ3) is 3.58. The lowest BCUT2D eigenvalue weighted by Crippen LogP contribution is -2.03. The monoisotopic (exact) mass is 443 g/mol. The average molecular weight is 444 g/mol. The third-order valence-electron chi connectivity index (χ3n) is 5.15. The number of carbonyl (C=O) groups excluding carboxylic acids is 1. The van der Waals surface area contributed by atoms with Gasteiger partial charge in [0.05, 0.1) is 33.8 Å². The Morgan fingerprint density at radius 3 is 2.69 bits per heavy atom. The van der Waals surface area contributed by atoms with Crippen molar-refractivity contribution in [2.75, 3.05) is 11.9 Å². The van der Waals surface area contributed by atoms with Gasteiger partial charge in [0.25, 0.3) is 0 Å². The molecule has 7 nitrogen and oxygen atoms in total. The van der Waals surface area contributed by atoms with E-state index >= 15 is 0 Å². The van der Waals surface area contributed by atoms with Crippen molar-refractivity contribution < 1.29 is 9.53 Å². The number of hydrogen-bond acceptors (Lipinski definition) is 7. The number of thiazole rings is 1. The SMILES string of the molecule is CCOC(=O)c1ccc2nc(Nc3cc(C)c4c(C)nn(-c5ccccc5)c4n3)sc2c1. The van der Waals surface area contributed by atoms with E-state index in [9.17, 15) is 4.79 Å². The van der Waals surface area contributed by atoms with Crippen LogP contribution in [0.2, 0.25) is 0 Å². The van der Waals surface area contributed by atoms with Gasteiger partial charge in [-0.2, -0.15) is 5.10 Å². The molecule has 3 heterocycles. The number of nitrogens with zero attached hydrogens (tertiary/aromatic N) is 4. The third-order valence-corrected chi connectivity index (χ3v) is 6.08. The maximum Gasteiger partial charge on any atom is 0.338 e. The van der Waals surface area contributed by atoms with Crippen molar-refractivity contribution in [1.29, 1.82) is 0 Å². The van der Waals surface area contributed by atoms with Crippen molar-refractivity contribution in [2.24, 2.45) is 0 Å². The zero-order chi connectivity index (χ0) is 22.2. The molecule has 2 aromatic carbocycles. The van der Waals surface area contributed by atoms with Gasteiger partial charge in [0.1, 0.15) is 5.82 Å². The van der Waals surface area contributed by atoms with E-state index in [2.05, 4.69) is 17.2 Å². The summed E-state index contributed by atoms with van der Waals surface area (Å²) in [6.45, 7) is 6.20. The van der Waals surface area contributed by atoms with E-state index in [1.54, 1.807) is 13.0 Å². The van der Waals surface area contributed by atoms with E-state index in [0.29, 0.717) is 23.1 Å². The van der Waals surface area contributed by atoms with Gasteiger partial charge < -0.3 is 10.1 Å². The lowest BCUT2D eigenvalue weighted by molar-refractivity contribution is 0.0526. The molecule has 3 aromatic heterocycles. The summed E-state index contributed by atoms with van der Waals surface area (Å²) in [7, 11) is 0. The number of benzene rings is 2. The number of hydrogen-bond donors (Lipinski definition) is 1. The van der Waals surface area contributed by atoms with Crippen molar-refractivity contribution in [2.45, 2.75) is 20.8 Å². The second kappa shape index (κ2) is 8.05. The summed E-state index contributed by atoms with van der Waals surface area (Å²) in [5.41, 5.74) is 5.11. The minimum absolute atomic E-state index is 0.329. The number of pyridine rings is 1. The van der Waals surface area contributed by atoms with Gasteiger partial charge in [0.15, 0.2) is 10.8 Å². The first-order valence-corrected chi connectivity index (χ1v) is 11.1. The number of aromatic nitrogens is 4. The Bertz CT molecular complexity index is 1460. The minimum atomic E-state index is -0.329. The van der Waals surface area contributed by atoms with Gasteiger partial charge in [-0.25, -0.2) is 19.4 Å². The number of para-hydroxylation sites is 1. The van der Waals surface area contributed by atoms with Crippen LogP contribution in [0.5, 0.6) is 0 Å². The summed E-state index contributed by atoms with van der Waals surface area (Å²) in [6, 6.07) is 17.4. The molecule has 0 saturated heterocycles. The van der Waals surface area contributed by atoms with E-state index in [1.807, 2.05) is 60.1 Å². The number of fused-ring (bicyclic) bond motifs is 2. The zero-order valence-electron chi connectivity index (χ0n) is 17.9. The molecule has 0 aliphatic rings. The number of carbonyl (C=O) groups is 1. The Morgan fingerprint density at radius 1 is 1.09 bits per heavy atom. The van der Waals surface area contributed by atoms with E-state index in [1.165, 1.54) is 11.3 Å². The molecule has 1 N–H and O–H groups in total. The zero-order valence-corrected chi connectivity index (χ0v) is 18.7. The van der Waals surface area contributed by atoms with E-state index in [4.69, 9.17) is 14.8 Å². The molecule has 0 saturated carbocycles. The van der Waals surface area contributed by atoms with Crippen LogP contribution in [0.1, 0.15) is 28.5 Å². The van der Waals surface area contributed by atoms with Crippen LogP contribution < -0.4 is 5.32 Å². The summed E-state index contributed by atoms with van der Waals surface area (Å²) in [5, 5.41) is 9.79. The van der Waals surface area contributed by atoms with Crippen molar-refractivity contribution in [1.82, 2.24) is 19.7 Å². The topological polar surface area (TPSA) is 81.9 Å². The number of anilines is 2. The summed E-state index contributed by atoms with van der Waals surface area (Å²) in [5.74, 6) is 0.362. The fraction of sp³-hybridized carbons (Fsp3) is 0.167. The fourth-order valence-electron chi connectivity index (χ4n) is 3.75. The quantitative estimate of drug-likeness (QED) is 0.358. The predicted molar refractivity (Wildman–Crippen MR) is 127 cm³/mol. The molecule has 0 bridgehead atoms. The molecule has 0 fully saturated rings. The molecular formula is C24H21N5O2S. The number of esters is 1. The number of rotatable bonds is 5. The van der Waals surface area contributed by atoms with Gasteiger partial charge in [-0.05, 0) is 62.7 Å². The van der Waals surface area contributed by atoms with E-state index in [0.717, 1.165) is 38.2 Å². The molecule has 0 amide bonds. The molecule has 5 aromatic rings. The highest BCUT2D eigenvalue weighted by Crippen LogP contribution is 2.31. The second-order valence-corrected chi connectivity index (χ2v) is 8.43. The Hall–Kier alpha value is -3.78. The summed E-state index contributed by atoms with van der Waals surface area (Å²) in [6.07, 6.45) is 0. The van der Waals surface area contributed by atoms with Gasteiger partial charge in [0, 0.05) is 5.39 Å². The van der Waals surface area contributed by atoms with Gasteiger partial charge in [-0.3, -0.25) is 0 Å². The van der Waals surface area contributed by atoms with E-state index in [-0.39, 0.29) is 5.97 Å². The molecule has 32 heavy (non-hydrogen) atoms. The van der Waals surface area contributed by atoms with Gasteiger partial charge in [-0.1, -0.05) is 29.5 Å². The van der Waals surface area contributed by atoms with Crippen LogP contribution in [0.3, 0.4) is 0 Å². The predicted octanol–water partition coefficient (Wildman–Crippen LogP) is 5.57. The number of aryl methyl sites for hydroxylation is 2. The Labute approximate surface area is 188 Å².